The van der Waals surface area contributed by atoms with E-state index in [2.05, 4.69) is 42.1 Å². The molecule has 0 fully saturated rings. The number of unbranched alkanes of at least 4 members (excludes halogenated alkanes) is 20. The van der Waals surface area contributed by atoms with Gasteiger partial charge in [0.2, 0.25) is 0 Å². The summed E-state index contributed by atoms with van der Waals surface area (Å²) in [7, 11) is 0. The third-order valence-corrected chi connectivity index (χ3v) is 12.0. The topological polar surface area (TPSA) is 93.9 Å². The van der Waals surface area contributed by atoms with Crippen molar-refractivity contribution in [2.45, 2.75) is 246 Å². The maximum atomic E-state index is 13.1. The summed E-state index contributed by atoms with van der Waals surface area (Å²) in [5.74, 6) is 0.138. The predicted molar refractivity (Wildman–Crippen MR) is 244 cm³/mol. The molecule has 0 radical (unpaired) electrons. The molecule has 0 amide bonds. The lowest BCUT2D eigenvalue weighted by Crippen LogP contribution is -2.34. The molecule has 0 aromatic carbocycles. The molecule has 3 unspecified atom stereocenters. The molecule has 8 heteroatoms. The molecule has 1 aromatic rings. The Morgan fingerprint density at radius 3 is 1.41 bits per heavy atom. The van der Waals surface area contributed by atoms with Crippen LogP contribution in [0.25, 0.3) is 0 Å². The van der Waals surface area contributed by atoms with E-state index in [1.54, 1.807) is 0 Å². The highest BCUT2D eigenvalue weighted by molar-refractivity contribution is 5.72. The van der Waals surface area contributed by atoms with Crippen LogP contribution in [0.5, 0.6) is 0 Å². The Kier molecular flexibility index (Phi) is 37.7. The van der Waals surface area contributed by atoms with E-state index in [0.717, 1.165) is 122 Å². The predicted octanol–water partition coefficient (Wildman–Crippen LogP) is 13.4. The van der Waals surface area contributed by atoms with E-state index in [-0.39, 0.29) is 23.8 Å². The Balaban J connectivity index is 2.44. The van der Waals surface area contributed by atoms with E-state index in [1.807, 2.05) is 18.7 Å². The van der Waals surface area contributed by atoms with Crippen LogP contribution in [0.3, 0.4) is 0 Å². The Morgan fingerprint density at radius 2 is 0.931 bits per heavy atom. The zero-order valence-corrected chi connectivity index (χ0v) is 38.8. The van der Waals surface area contributed by atoms with Crippen LogP contribution >= 0.6 is 0 Å². The van der Waals surface area contributed by atoms with Gasteiger partial charge in [0, 0.05) is 25.5 Å². The van der Waals surface area contributed by atoms with Crippen molar-refractivity contribution in [3.8, 4) is 0 Å². The Hall–Kier alpha value is -1.93. The van der Waals surface area contributed by atoms with Crippen molar-refractivity contribution < 1.29 is 24.2 Å². The van der Waals surface area contributed by atoms with Gasteiger partial charge in [0.25, 0.3) is 0 Å². The summed E-state index contributed by atoms with van der Waals surface area (Å²) in [5.41, 5.74) is 0. The number of hydrogen-bond donors (Lipinski definition) is 1. The van der Waals surface area contributed by atoms with Gasteiger partial charge in [-0.1, -0.05) is 169 Å². The monoisotopic (exact) mass is 818 g/mol. The van der Waals surface area contributed by atoms with E-state index in [4.69, 9.17) is 9.47 Å². The maximum absolute atomic E-state index is 13.1. The molecule has 3 atom stereocenters. The van der Waals surface area contributed by atoms with Gasteiger partial charge < -0.3 is 24.0 Å². The van der Waals surface area contributed by atoms with Crippen LogP contribution in [-0.4, -0.2) is 70.4 Å². The van der Waals surface area contributed by atoms with E-state index >= 15 is 0 Å². The van der Waals surface area contributed by atoms with Crippen LogP contribution in [0.1, 0.15) is 233 Å². The third-order valence-electron chi connectivity index (χ3n) is 12.0. The number of aromatic nitrogens is 2. The highest BCUT2D eigenvalue weighted by Crippen LogP contribution is 2.22. The Labute approximate surface area is 358 Å². The Bertz CT molecular complexity index is 1020. The van der Waals surface area contributed by atoms with Gasteiger partial charge in [-0.2, -0.15) is 0 Å². The minimum absolute atomic E-state index is 0.00154. The van der Waals surface area contributed by atoms with Crippen molar-refractivity contribution in [2.75, 3.05) is 32.8 Å². The van der Waals surface area contributed by atoms with Gasteiger partial charge in [-0.05, 0) is 77.3 Å². The first-order valence-corrected chi connectivity index (χ1v) is 25.1. The van der Waals surface area contributed by atoms with Gasteiger partial charge in [0.1, 0.15) is 0 Å². The van der Waals surface area contributed by atoms with Crippen molar-refractivity contribution in [3.05, 3.63) is 18.7 Å². The molecule has 0 aliphatic rings. The second kappa shape index (κ2) is 40.5. The average molecular weight is 818 g/mol. The number of hydrogen-bond acceptors (Lipinski definition) is 7. The summed E-state index contributed by atoms with van der Waals surface area (Å²) in [4.78, 5) is 32.7. The fourth-order valence-electron chi connectivity index (χ4n) is 8.17. The van der Waals surface area contributed by atoms with Crippen LogP contribution < -0.4 is 0 Å². The van der Waals surface area contributed by atoms with Crippen LogP contribution in [0.15, 0.2) is 18.7 Å². The second-order valence-corrected chi connectivity index (χ2v) is 17.6. The standard InChI is InChI=1S/C50H95N3O5/c1-5-9-13-17-19-25-34-46(32-23-15-11-7-3)49(55)57-42-29-22-21-28-38-52(39-31-40-53-41-37-51-45-53)44-48(54)36-27-30-43-58-50(56)47(33-24-16-12-8-4)35-26-20-18-14-10-6-2/h37,41,45-48,54H,5-36,38-40,42-44H2,1-4H3. The molecule has 0 saturated carbocycles. The Morgan fingerprint density at radius 1 is 0.534 bits per heavy atom. The summed E-state index contributed by atoms with van der Waals surface area (Å²) in [5, 5.41) is 11.1. The van der Waals surface area contributed by atoms with E-state index in [1.165, 1.54) is 103 Å². The SMILES string of the molecule is CCCCCCCCC(CCCCCC)C(=O)OCCCCCCN(CCCn1ccnc1)CC(O)CCCCOC(=O)C(CCCCCC)CCCCCCCC. The molecular weight excluding hydrogens is 723 g/mol. The molecule has 8 nitrogen and oxygen atoms in total. The lowest BCUT2D eigenvalue weighted by Gasteiger charge is -2.25. The van der Waals surface area contributed by atoms with Gasteiger partial charge in [-0.15, -0.1) is 0 Å². The molecule has 0 aliphatic heterocycles. The minimum Gasteiger partial charge on any atom is -0.465 e. The first-order chi connectivity index (χ1) is 28.4. The first kappa shape index (κ1) is 54.1. The molecule has 1 N–H and O–H groups in total. The van der Waals surface area contributed by atoms with Crippen molar-refractivity contribution in [1.29, 1.82) is 0 Å². The van der Waals surface area contributed by atoms with Gasteiger partial charge >= 0.3 is 11.9 Å². The summed E-state index contributed by atoms with van der Waals surface area (Å²) in [6.45, 7) is 13.4. The minimum atomic E-state index is -0.395. The summed E-state index contributed by atoms with van der Waals surface area (Å²) in [6.07, 6.45) is 41.3. The highest BCUT2D eigenvalue weighted by Gasteiger charge is 2.21. The zero-order valence-electron chi connectivity index (χ0n) is 38.8. The van der Waals surface area contributed by atoms with Crippen LogP contribution in [0, 0.1) is 11.8 Å². The van der Waals surface area contributed by atoms with Gasteiger partial charge in [-0.3, -0.25) is 9.59 Å². The number of rotatable bonds is 44. The van der Waals surface area contributed by atoms with Crippen molar-refractivity contribution in [3.63, 3.8) is 0 Å². The van der Waals surface area contributed by atoms with E-state index in [0.29, 0.717) is 19.8 Å². The van der Waals surface area contributed by atoms with Gasteiger partial charge in [0.15, 0.2) is 0 Å². The number of aliphatic hydroxyl groups excluding tert-OH is 1. The number of ether oxygens (including phenoxy) is 2. The average Bonchev–Trinajstić information content (AvgIpc) is 3.74. The fourth-order valence-corrected chi connectivity index (χ4v) is 8.17. The van der Waals surface area contributed by atoms with Crippen LogP contribution in [-0.2, 0) is 25.6 Å². The smallest absolute Gasteiger partial charge is 0.308 e. The van der Waals surface area contributed by atoms with Gasteiger partial charge in [0.05, 0.1) is 37.5 Å². The largest absolute Gasteiger partial charge is 0.465 e. The molecule has 1 heterocycles. The van der Waals surface area contributed by atoms with Crippen molar-refractivity contribution >= 4 is 11.9 Å². The number of nitrogens with zero attached hydrogens (tertiary/aromatic N) is 3. The zero-order chi connectivity index (χ0) is 42.2. The second-order valence-electron chi connectivity index (χ2n) is 17.6. The lowest BCUT2D eigenvalue weighted by molar-refractivity contribution is -0.150. The highest BCUT2D eigenvalue weighted by atomic mass is 16.5. The number of aryl methyl sites for hydroxylation is 1. The lowest BCUT2D eigenvalue weighted by atomic mass is 9.94. The molecule has 0 bridgehead atoms. The molecule has 0 aliphatic carbocycles. The van der Waals surface area contributed by atoms with Gasteiger partial charge in [-0.25, -0.2) is 4.98 Å². The molecule has 1 rings (SSSR count). The number of carbonyl (C=O) groups is 2. The van der Waals surface area contributed by atoms with Crippen molar-refractivity contribution in [1.82, 2.24) is 14.5 Å². The summed E-state index contributed by atoms with van der Waals surface area (Å²) < 4.78 is 13.8. The molecule has 0 spiro atoms. The maximum Gasteiger partial charge on any atom is 0.308 e. The summed E-state index contributed by atoms with van der Waals surface area (Å²) in [6, 6.07) is 0. The third kappa shape index (κ3) is 31.9. The van der Waals surface area contributed by atoms with E-state index in [9.17, 15) is 14.7 Å². The molecule has 340 valence electrons. The first-order valence-electron chi connectivity index (χ1n) is 25.1. The summed E-state index contributed by atoms with van der Waals surface area (Å²) >= 11 is 0. The van der Waals surface area contributed by atoms with Crippen LogP contribution in [0.2, 0.25) is 0 Å². The normalized spacial score (nSPS) is 13.2. The molecule has 0 saturated heterocycles. The number of esters is 2. The number of aliphatic hydroxyl groups is 1. The quantitative estimate of drug-likeness (QED) is 0.0518. The van der Waals surface area contributed by atoms with Crippen molar-refractivity contribution in [2.24, 2.45) is 11.8 Å². The molecule has 1 aromatic heterocycles. The van der Waals surface area contributed by atoms with E-state index < -0.39 is 6.10 Å². The number of carbonyl (C=O) groups excluding carboxylic acids is 2. The van der Waals surface area contributed by atoms with Crippen LogP contribution in [0.4, 0.5) is 0 Å². The fraction of sp³-hybridized carbons (Fsp3) is 0.900. The number of imidazole rings is 1. The molecular formula is C50H95N3O5. The molecule has 58 heavy (non-hydrogen) atoms.